The normalized spacial score (nSPS) is 13.7. The highest BCUT2D eigenvalue weighted by atomic mass is 32.2. The number of anilines is 2. The third-order valence-corrected chi connectivity index (χ3v) is 6.03. The summed E-state index contributed by atoms with van der Waals surface area (Å²) in [4.78, 5) is 19.3. The van der Waals surface area contributed by atoms with Gasteiger partial charge in [0.25, 0.3) is 0 Å². The van der Waals surface area contributed by atoms with Gasteiger partial charge in [0.2, 0.25) is 5.91 Å². The lowest BCUT2D eigenvalue weighted by atomic mass is 10.1. The number of carbonyl (C=O) groups excluding carboxylic acids is 1. The molecule has 1 aliphatic heterocycles. The summed E-state index contributed by atoms with van der Waals surface area (Å²) >= 11 is 1.24. The summed E-state index contributed by atoms with van der Waals surface area (Å²) in [6.07, 6.45) is 0.836. The van der Waals surface area contributed by atoms with Crippen molar-refractivity contribution in [2.24, 2.45) is 5.92 Å². The van der Waals surface area contributed by atoms with Crippen LogP contribution in [-0.2, 0) is 11.2 Å². The molecule has 1 aromatic heterocycles. The summed E-state index contributed by atoms with van der Waals surface area (Å²) in [5, 5.41) is 18.5. The fourth-order valence-corrected chi connectivity index (χ4v) is 4.21. The van der Waals surface area contributed by atoms with Gasteiger partial charge in [-0.25, -0.2) is 4.98 Å². The van der Waals surface area contributed by atoms with E-state index in [9.17, 15) is 10.1 Å². The number of nitrogens with zero attached hydrogens (tertiary/aromatic N) is 4. The van der Waals surface area contributed by atoms with Crippen molar-refractivity contribution >= 4 is 29.2 Å². The number of nitrogens with two attached hydrogens (primary N) is 1. The van der Waals surface area contributed by atoms with Crippen LogP contribution in [0.25, 0.3) is 0 Å². The first-order valence-electron chi connectivity index (χ1n) is 8.63. The quantitative estimate of drug-likeness (QED) is 0.821. The van der Waals surface area contributed by atoms with Gasteiger partial charge in [0, 0.05) is 12.2 Å². The summed E-state index contributed by atoms with van der Waals surface area (Å²) in [7, 11) is 0. The van der Waals surface area contributed by atoms with Crippen LogP contribution in [0.5, 0.6) is 0 Å². The number of nitrogen functional groups attached to an aromatic ring is 1. The number of para-hydroxylation sites is 1. The monoisotopic (exact) mass is 377 g/mol. The molecule has 7 heteroatoms. The van der Waals surface area contributed by atoms with Gasteiger partial charge in [0.05, 0.1) is 16.4 Å². The van der Waals surface area contributed by atoms with Crippen LogP contribution in [0, 0.1) is 28.6 Å². The van der Waals surface area contributed by atoms with E-state index in [-0.39, 0.29) is 28.8 Å². The Hall–Kier alpha value is -3.03. The lowest BCUT2D eigenvalue weighted by Crippen LogP contribution is -2.39. The number of rotatable bonds is 4. The lowest BCUT2D eigenvalue weighted by Gasteiger charge is -2.26. The van der Waals surface area contributed by atoms with E-state index in [2.05, 4.69) is 11.1 Å². The second kappa shape index (κ2) is 7.69. The average Bonchev–Trinajstić information content (AvgIpc) is 3.09. The molecule has 2 N–H and O–H groups in total. The number of hydrogen-bond acceptors (Lipinski definition) is 6. The van der Waals surface area contributed by atoms with Crippen molar-refractivity contribution in [3.63, 3.8) is 0 Å². The maximum atomic E-state index is 13.3. The maximum Gasteiger partial charge on any atom is 0.240 e. The smallest absolute Gasteiger partial charge is 0.240 e. The molecule has 1 aliphatic rings. The Morgan fingerprint density at radius 2 is 1.96 bits per heavy atom. The molecule has 0 saturated heterocycles. The molecular weight excluding hydrogens is 358 g/mol. The summed E-state index contributed by atoms with van der Waals surface area (Å²) in [6, 6.07) is 13.3. The molecule has 3 rings (SSSR count). The number of thioether (sulfide) groups is 1. The van der Waals surface area contributed by atoms with Gasteiger partial charge in [-0.2, -0.15) is 10.5 Å². The molecule has 0 bridgehead atoms. The second-order valence-electron chi connectivity index (χ2n) is 6.65. The van der Waals surface area contributed by atoms with Crippen LogP contribution >= 0.6 is 11.8 Å². The van der Waals surface area contributed by atoms with Crippen LogP contribution in [0.1, 0.15) is 30.5 Å². The van der Waals surface area contributed by atoms with Gasteiger partial charge in [-0.05, 0) is 30.0 Å². The van der Waals surface area contributed by atoms with Gasteiger partial charge < -0.3 is 10.6 Å². The molecular formula is C20H19N5OS. The van der Waals surface area contributed by atoms with Crippen molar-refractivity contribution in [3.05, 3.63) is 47.0 Å². The predicted octanol–water partition coefficient (Wildman–Crippen LogP) is 3.11. The van der Waals surface area contributed by atoms with E-state index in [1.54, 1.807) is 0 Å². The summed E-state index contributed by atoms with van der Waals surface area (Å²) in [5.41, 5.74) is 8.35. The maximum absolute atomic E-state index is 13.3. The van der Waals surface area contributed by atoms with Crippen molar-refractivity contribution in [2.45, 2.75) is 30.5 Å². The zero-order valence-corrected chi connectivity index (χ0v) is 16.0. The van der Waals surface area contributed by atoms with Crippen LogP contribution in [0.15, 0.2) is 35.4 Å². The minimum Gasteiger partial charge on any atom is -0.383 e. The van der Waals surface area contributed by atoms with Gasteiger partial charge in [0.15, 0.2) is 0 Å². The molecule has 27 heavy (non-hydrogen) atoms. The number of nitriles is 2. The van der Waals surface area contributed by atoms with Crippen molar-refractivity contribution < 1.29 is 4.79 Å². The molecule has 0 aliphatic carbocycles. The standard InChI is InChI=1S/C20H19N5OS/c1-12(2)17(20(26)25-8-7-13-5-3-4-6-16(13)25)27-19-15(11-22)9-14(10-21)18(23)24-19/h3-6,9,12,17H,7-8H2,1-2H3,(H2,23,24)/t17-/m1/s1. The van der Waals surface area contributed by atoms with Crippen molar-refractivity contribution in [2.75, 3.05) is 17.2 Å². The van der Waals surface area contributed by atoms with Gasteiger partial charge in [0.1, 0.15) is 23.0 Å². The third kappa shape index (κ3) is 3.60. The molecule has 2 aromatic rings. The summed E-state index contributed by atoms with van der Waals surface area (Å²) in [6.45, 7) is 4.59. The first kappa shape index (κ1) is 18.8. The number of fused-ring (bicyclic) bond motifs is 1. The van der Waals surface area contributed by atoms with Crippen LogP contribution < -0.4 is 10.6 Å². The van der Waals surface area contributed by atoms with E-state index in [0.29, 0.717) is 11.6 Å². The molecule has 0 spiro atoms. The lowest BCUT2D eigenvalue weighted by molar-refractivity contribution is -0.118. The number of benzene rings is 1. The first-order chi connectivity index (χ1) is 13.0. The number of amides is 1. The number of aromatic nitrogens is 1. The Morgan fingerprint density at radius 3 is 2.63 bits per heavy atom. The Labute approximate surface area is 162 Å². The van der Waals surface area contributed by atoms with Crippen LogP contribution in [0.3, 0.4) is 0 Å². The van der Waals surface area contributed by atoms with Gasteiger partial charge in [-0.1, -0.05) is 43.8 Å². The highest BCUT2D eigenvalue weighted by Crippen LogP contribution is 2.35. The summed E-state index contributed by atoms with van der Waals surface area (Å²) in [5.74, 6) is 0.0921. The highest BCUT2D eigenvalue weighted by molar-refractivity contribution is 8.00. The minimum absolute atomic E-state index is 0.00595. The topological polar surface area (TPSA) is 107 Å². The van der Waals surface area contributed by atoms with Crippen molar-refractivity contribution in [1.82, 2.24) is 4.98 Å². The predicted molar refractivity (Wildman–Crippen MR) is 105 cm³/mol. The minimum atomic E-state index is -0.414. The molecule has 136 valence electrons. The largest absolute Gasteiger partial charge is 0.383 e. The van der Waals surface area contributed by atoms with Gasteiger partial charge >= 0.3 is 0 Å². The molecule has 2 heterocycles. The molecule has 0 radical (unpaired) electrons. The second-order valence-corrected chi connectivity index (χ2v) is 7.78. The van der Waals surface area contributed by atoms with Crippen molar-refractivity contribution in [1.29, 1.82) is 10.5 Å². The zero-order chi connectivity index (χ0) is 19.6. The average molecular weight is 377 g/mol. The van der Waals surface area contributed by atoms with E-state index >= 15 is 0 Å². The van der Waals surface area contributed by atoms with Crippen LogP contribution in [0.4, 0.5) is 11.5 Å². The van der Waals surface area contributed by atoms with Gasteiger partial charge in [-0.3, -0.25) is 4.79 Å². The molecule has 1 aromatic carbocycles. The molecule has 1 atom stereocenters. The molecule has 0 unspecified atom stereocenters. The third-order valence-electron chi connectivity index (χ3n) is 4.50. The molecule has 0 saturated carbocycles. The Morgan fingerprint density at radius 1 is 1.26 bits per heavy atom. The molecule has 1 amide bonds. The van der Waals surface area contributed by atoms with Crippen molar-refractivity contribution in [3.8, 4) is 12.1 Å². The van der Waals surface area contributed by atoms with E-state index < -0.39 is 5.25 Å². The highest BCUT2D eigenvalue weighted by Gasteiger charge is 2.33. The zero-order valence-electron chi connectivity index (χ0n) is 15.1. The van der Waals surface area contributed by atoms with Crippen LogP contribution in [-0.4, -0.2) is 22.7 Å². The van der Waals surface area contributed by atoms with Gasteiger partial charge in [-0.15, -0.1) is 0 Å². The van der Waals surface area contributed by atoms with E-state index in [1.807, 2.05) is 49.1 Å². The van der Waals surface area contributed by atoms with E-state index in [4.69, 9.17) is 11.0 Å². The Bertz CT molecular complexity index is 973. The Kier molecular flexibility index (Phi) is 5.34. The number of pyridine rings is 1. The SMILES string of the molecule is CC(C)[C@@H](Sc1nc(N)c(C#N)cc1C#N)C(=O)N1CCc2ccccc21. The molecule has 0 fully saturated rings. The van der Waals surface area contributed by atoms with Crippen LogP contribution in [0.2, 0.25) is 0 Å². The fourth-order valence-electron chi connectivity index (χ4n) is 3.08. The summed E-state index contributed by atoms with van der Waals surface area (Å²) < 4.78 is 0. The number of hydrogen-bond donors (Lipinski definition) is 1. The Balaban J connectivity index is 1.92. The van der Waals surface area contributed by atoms with E-state index in [1.165, 1.54) is 17.8 Å². The fraction of sp³-hybridized carbons (Fsp3) is 0.300. The number of carbonyl (C=O) groups is 1. The molecule has 6 nitrogen and oxygen atoms in total. The first-order valence-corrected chi connectivity index (χ1v) is 9.51. The van der Waals surface area contributed by atoms with E-state index in [0.717, 1.165) is 17.7 Å².